The number of aryl methyl sites for hydroxylation is 1. The summed E-state index contributed by atoms with van der Waals surface area (Å²) in [5.74, 6) is -0.162. The minimum absolute atomic E-state index is 0.162. The van der Waals surface area contributed by atoms with E-state index in [0.29, 0.717) is 36.6 Å². The number of para-hydroxylation sites is 1. The van der Waals surface area contributed by atoms with Crippen molar-refractivity contribution >= 4 is 35.0 Å². The Morgan fingerprint density at radius 1 is 1.44 bits per heavy atom. The second kappa shape index (κ2) is 8.81. The molecular formula is C22H27N7O2S. The fourth-order valence-corrected chi connectivity index (χ4v) is 5.03. The SMILES string of the molecule is Cc1c(SN2CC(C=N)=C(N)C(O)C2)cc(C(=O)NCc2cccc3cnn(C)c23)n1C. The van der Waals surface area contributed by atoms with Crippen molar-refractivity contribution in [1.29, 1.82) is 5.41 Å². The van der Waals surface area contributed by atoms with E-state index in [1.807, 2.05) is 65.0 Å². The summed E-state index contributed by atoms with van der Waals surface area (Å²) in [6, 6.07) is 7.81. The molecule has 0 bridgehead atoms. The van der Waals surface area contributed by atoms with E-state index < -0.39 is 6.10 Å². The molecule has 1 aromatic carbocycles. The number of hydrogen-bond acceptors (Lipinski definition) is 7. The van der Waals surface area contributed by atoms with Gasteiger partial charge in [-0.25, -0.2) is 4.31 Å². The number of aliphatic hydroxyl groups excluding tert-OH is 1. The van der Waals surface area contributed by atoms with Crippen LogP contribution in [0.2, 0.25) is 0 Å². The Morgan fingerprint density at radius 2 is 2.22 bits per heavy atom. The molecule has 0 saturated heterocycles. The molecule has 3 aromatic rings. The van der Waals surface area contributed by atoms with Crippen LogP contribution < -0.4 is 11.1 Å². The van der Waals surface area contributed by atoms with Gasteiger partial charge < -0.3 is 26.1 Å². The highest BCUT2D eigenvalue weighted by molar-refractivity contribution is 7.97. The molecule has 0 spiro atoms. The molecular weight excluding hydrogens is 426 g/mol. The predicted molar refractivity (Wildman–Crippen MR) is 125 cm³/mol. The van der Waals surface area contributed by atoms with Gasteiger partial charge in [0.05, 0.1) is 11.7 Å². The highest BCUT2D eigenvalue weighted by Crippen LogP contribution is 2.31. The van der Waals surface area contributed by atoms with E-state index in [0.717, 1.165) is 27.1 Å². The van der Waals surface area contributed by atoms with Crippen LogP contribution in [0.4, 0.5) is 0 Å². The highest BCUT2D eigenvalue weighted by atomic mass is 32.2. The van der Waals surface area contributed by atoms with Crippen molar-refractivity contribution in [2.75, 3.05) is 13.1 Å². The number of benzene rings is 1. The number of aliphatic hydroxyl groups is 1. The van der Waals surface area contributed by atoms with E-state index in [1.54, 1.807) is 0 Å². The zero-order valence-corrected chi connectivity index (χ0v) is 19.1. The Kier molecular flexibility index (Phi) is 6.09. The zero-order chi connectivity index (χ0) is 23.0. The molecule has 10 heteroatoms. The molecule has 1 aliphatic heterocycles. The molecule has 0 aliphatic carbocycles. The van der Waals surface area contributed by atoms with E-state index in [1.165, 1.54) is 18.2 Å². The number of amides is 1. The third-order valence-corrected chi connectivity index (χ3v) is 7.01. The van der Waals surface area contributed by atoms with Gasteiger partial charge in [0, 0.05) is 67.2 Å². The summed E-state index contributed by atoms with van der Waals surface area (Å²) < 4.78 is 5.63. The summed E-state index contributed by atoms with van der Waals surface area (Å²) in [4.78, 5) is 13.9. The second-order valence-corrected chi connectivity index (χ2v) is 9.04. The molecule has 3 heterocycles. The number of carbonyl (C=O) groups excluding carboxylic acids is 1. The van der Waals surface area contributed by atoms with Crippen LogP contribution in [0.3, 0.4) is 0 Å². The minimum atomic E-state index is -0.811. The Labute approximate surface area is 190 Å². The number of nitrogens with zero attached hydrogens (tertiary/aromatic N) is 4. The van der Waals surface area contributed by atoms with Gasteiger partial charge in [-0.05, 0) is 30.5 Å². The average Bonchev–Trinajstić information content (AvgIpc) is 3.29. The van der Waals surface area contributed by atoms with Crippen LogP contribution in [-0.4, -0.2) is 55.1 Å². The number of hydrogen-bond donors (Lipinski definition) is 4. The van der Waals surface area contributed by atoms with Gasteiger partial charge in [-0.15, -0.1) is 0 Å². The van der Waals surface area contributed by atoms with Gasteiger partial charge in [0.2, 0.25) is 0 Å². The molecule has 2 aromatic heterocycles. The lowest BCUT2D eigenvalue weighted by molar-refractivity contribution is 0.0942. The van der Waals surface area contributed by atoms with Crippen molar-refractivity contribution in [2.45, 2.75) is 24.5 Å². The van der Waals surface area contributed by atoms with Gasteiger partial charge in [0.1, 0.15) is 11.8 Å². The highest BCUT2D eigenvalue weighted by Gasteiger charge is 2.26. The van der Waals surface area contributed by atoms with Gasteiger partial charge in [0.15, 0.2) is 0 Å². The standard InChI is InChI=1S/C22H27N7O2S/c1-13-19(32-29-11-16(8-23)20(24)18(30)12-29)7-17(27(13)2)22(31)25-9-14-5-4-6-15-10-26-28(3)21(14)15/h4-8,10,18,23,30H,9,11-12,24H2,1-3H3,(H,25,31). The number of fused-ring (bicyclic) bond motifs is 1. The normalized spacial score (nSPS) is 17.2. The molecule has 0 fully saturated rings. The Balaban J connectivity index is 1.49. The van der Waals surface area contributed by atoms with E-state index in [4.69, 9.17) is 11.1 Å². The molecule has 0 radical (unpaired) electrons. The maximum Gasteiger partial charge on any atom is 0.268 e. The summed E-state index contributed by atoms with van der Waals surface area (Å²) in [7, 11) is 3.75. The van der Waals surface area contributed by atoms with Crippen LogP contribution >= 0.6 is 11.9 Å². The van der Waals surface area contributed by atoms with Crippen molar-refractivity contribution in [3.63, 3.8) is 0 Å². The average molecular weight is 454 g/mol. The lowest BCUT2D eigenvalue weighted by Gasteiger charge is -2.30. The number of rotatable bonds is 6. The smallest absolute Gasteiger partial charge is 0.268 e. The lowest BCUT2D eigenvalue weighted by Crippen LogP contribution is -2.39. The first kappa shape index (κ1) is 22.1. The second-order valence-electron chi connectivity index (χ2n) is 7.90. The van der Waals surface area contributed by atoms with Crippen LogP contribution in [0.5, 0.6) is 0 Å². The Hall–Kier alpha value is -3.08. The monoisotopic (exact) mass is 453 g/mol. The van der Waals surface area contributed by atoms with Crippen LogP contribution in [0.1, 0.15) is 21.7 Å². The van der Waals surface area contributed by atoms with Crippen molar-refractivity contribution in [2.24, 2.45) is 19.8 Å². The van der Waals surface area contributed by atoms with E-state index >= 15 is 0 Å². The van der Waals surface area contributed by atoms with Crippen molar-refractivity contribution in [1.82, 2.24) is 24.0 Å². The predicted octanol–water partition coefficient (Wildman–Crippen LogP) is 1.70. The molecule has 0 saturated carbocycles. The van der Waals surface area contributed by atoms with Crippen LogP contribution in [0.15, 0.2) is 46.6 Å². The number of nitrogens with two attached hydrogens (primary N) is 1. The number of carbonyl (C=O) groups is 1. The van der Waals surface area contributed by atoms with Gasteiger partial charge in [-0.1, -0.05) is 18.2 Å². The largest absolute Gasteiger partial charge is 0.400 e. The first-order chi connectivity index (χ1) is 15.3. The number of nitrogens with one attached hydrogen (secondary N) is 2. The quantitative estimate of drug-likeness (QED) is 0.333. The molecule has 1 unspecified atom stereocenters. The summed E-state index contributed by atoms with van der Waals surface area (Å²) in [6.45, 7) is 3.17. The van der Waals surface area contributed by atoms with Crippen molar-refractivity contribution < 1.29 is 9.90 Å². The zero-order valence-electron chi connectivity index (χ0n) is 18.3. The van der Waals surface area contributed by atoms with Gasteiger partial charge in [-0.2, -0.15) is 5.10 Å². The molecule has 1 amide bonds. The lowest BCUT2D eigenvalue weighted by atomic mass is 10.1. The third kappa shape index (κ3) is 4.04. The minimum Gasteiger partial charge on any atom is -0.400 e. The first-order valence-corrected chi connectivity index (χ1v) is 11.0. The van der Waals surface area contributed by atoms with Gasteiger partial charge in [-0.3, -0.25) is 9.48 Å². The summed E-state index contributed by atoms with van der Waals surface area (Å²) in [5.41, 5.74) is 10.4. The topological polar surface area (TPSA) is 125 Å². The fraction of sp³-hybridized carbons (Fsp3) is 0.318. The maximum absolute atomic E-state index is 13.0. The summed E-state index contributed by atoms with van der Waals surface area (Å²) >= 11 is 1.46. The molecule has 4 rings (SSSR count). The number of aromatic nitrogens is 3. The van der Waals surface area contributed by atoms with Crippen LogP contribution in [-0.2, 0) is 20.6 Å². The van der Waals surface area contributed by atoms with Gasteiger partial charge in [0.25, 0.3) is 5.91 Å². The molecule has 32 heavy (non-hydrogen) atoms. The molecule has 168 valence electrons. The molecule has 1 aliphatic rings. The molecule has 1 atom stereocenters. The van der Waals surface area contributed by atoms with E-state index in [9.17, 15) is 9.90 Å². The number of β-amino-alcohol motifs (C(OH)–C–C–N with tert-alkyl or cyclic N) is 1. The Bertz CT molecular complexity index is 1230. The third-order valence-electron chi connectivity index (χ3n) is 5.86. The van der Waals surface area contributed by atoms with Crippen molar-refractivity contribution in [3.8, 4) is 0 Å². The summed E-state index contributed by atoms with van der Waals surface area (Å²) in [5, 5.41) is 26.1. The first-order valence-electron chi connectivity index (χ1n) is 10.2. The van der Waals surface area contributed by atoms with Crippen LogP contribution in [0.25, 0.3) is 10.9 Å². The molecule has 9 nitrogen and oxygen atoms in total. The van der Waals surface area contributed by atoms with Gasteiger partial charge >= 0.3 is 0 Å². The van der Waals surface area contributed by atoms with Crippen molar-refractivity contribution in [3.05, 3.63) is 58.7 Å². The maximum atomic E-state index is 13.0. The fourth-order valence-electron chi connectivity index (χ4n) is 3.90. The van der Waals surface area contributed by atoms with E-state index in [2.05, 4.69) is 10.4 Å². The Morgan fingerprint density at radius 3 is 2.97 bits per heavy atom. The molecule has 5 N–H and O–H groups in total. The van der Waals surface area contributed by atoms with E-state index in [-0.39, 0.29) is 5.91 Å². The van der Waals surface area contributed by atoms with Crippen LogP contribution in [0, 0.1) is 12.3 Å². The summed E-state index contributed by atoms with van der Waals surface area (Å²) in [6.07, 6.45) is 2.19.